The Morgan fingerprint density at radius 3 is 2.75 bits per heavy atom. The van der Waals surface area contributed by atoms with Crippen LogP contribution in [0.25, 0.3) is 0 Å². The van der Waals surface area contributed by atoms with E-state index in [9.17, 15) is 4.79 Å². The maximum Gasteiger partial charge on any atom is 0.319 e. The molecule has 0 bridgehead atoms. The number of carbonyl (C=O) groups is 1. The van der Waals surface area contributed by atoms with Crippen LogP contribution in [0, 0.1) is 0 Å². The second kappa shape index (κ2) is 7.96. The molecule has 1 aromatic heterocycles. The zero-order chi connectivity index (χ0) is 19.4. The molecule has 0 atom stereocenters. The number of fused-ring (bicyclic) bond motifs is 1. The number of hydrogen-bond acceptors (Lipinski definition) is 5. The largest absolute Gasteiger partial charge is 0.486 e. The Morgan fingerprint density at radius 2 is 1.96 bits per heavy atom. The van der Waals surface area contributed by atoms with Crippen LogP contribution in [-0.2, 0) is 5.41 Å². The zero-order valence-corrected chi connectivity index (χ0v) is 16.0. The van der Waals surface area contributed by atoms with Crippen molar-refractivity contribution in [2.45, 2.75) is 31.1 Å². The summed E-state index contributed by atoms with van der Waals surface area (Å²) in [6, 6.07) is 9.40. The van der Waals surface area contributed by atoms with Crippen molar-refractivity contribution in [3.05, 3.63) is 42.1 Å². The van der Waals surface area contributed by atoms with E-state index in [1.807, 2.05) is 6.07 Å². The molecule has 28 heavy (non-hydrogen) atoms. The van der Waals surface area contributed by atoms with E-state index in [0.717, 1.165) is 37.2 Å². The predicted octanol–water partition coefficient (Wildman–Crippen LogP) is 3.49. The third-order valence-electron chi connectivity index (χ3n) is 5.52. The fraction of sp³-hybridized carbons (Fsp3) is 0.429. The normalized spacial score (nSPS) is 17.0. The van der Waals surface area contributed by atoms with Crippen LogP contribution < -0.4 is 24.8 Å². The molecule has 2 amide bonds. The molecule has 148 valence electrons. The number of anilines is 1. The van der Waals surface area contributed by atoms with E-state index in [1.54, 1.807) is 18.3 Å². The van der Waals surface area contributed by atoms with E-state index >= 15 is 0 Å². The van der Waals surface area contributed by atoms with E-state index in [0.29, 0.717) is 31.3 Å². The predicted molar refractivity (Wildman–Crippen MR) is 105 cm³/mol. The zero-order valence-electron chi connectivity index (χ0n) is 16.0. The Morgan fingerprint density at radius 1 is 1.18 bits per heavy atom. The van der Waals surface area contributed by atoms with E-state index < -0.39 is 0 Å². The van der Waals surface area contributed by atoms with Gasteiger partial charge in [0, 0.05) is 18.2 Å². The summed E-state index contributed by atoms with van der Waals surface area (Å²) in [4.78, 5) is 16.6. The highest BCUT2D eigenvalue weighted by Crippen LogP contribution is 2.43. The number of rotatable bonds is 5. The number of amides is 2. The van der Waals surface area contributed by atoms with Crippen LogP contribution in [0.2, 0.25) is 0 Å². The van der Waals surface area contributed by atoms with Gasteiger partial charge in [0.15, 0.2) is 11.5 Å². The number of ether oxygens (including phenoxy) is 3. The summed E-state index contributed by atoms with van der Waals surface area (Å²) in [6.07, 6.45) is 5.98. The Balaban J connectivity index is 1.47. The first-order valence-corrected chi connectivity index (χ1v) is 9.64. The molecule has 1 aliphatic heterocycles. The number of urea groups is 1. The lowest BCUT2D eigenvalue weighted by molar-refractivity contribution is 0.171. The molecule has 0 radical (unpaired) electrons. The summed E-state index contributed by atoms with van der Waals surface area (Å²) in [5.74, 6) is 1.97. The number of carbonyl (C=O) groups excluding carboxylic acids is 1. The van der Waals surface area contributed by atoms with Crippen LogP contribution in [0.5, 0.6) is 17.4 Å². The topological polar surface area (TPSA) is 81.7 Å². The highest BCUT2D eigenvalue weighted by Gasteiger charge is 2.36. The Bertz CT molecular complexity index is 849. The quantitative estimate of drug-likeness (QED) is 0.826. The van der Waals surface area contributed by atoms with Gasteiger partial charge in [-0.25, -0.2) is 9.78 Å². The molecule has 1 fully saturated rings. The van der Waals surface area contributed by atoms with Gasteiger partial charge in [0.2, 0.25) is 5.88 Å². The number of pyridine rings is 1. The van der Waals surface area contributed by atoms with Crippen molar-refractivity contribution in [1.29, 1.82) is 0 Å². The minimum absolute atomic E-state index is 0.0911. The molecule has 0 saturated heterocycles. The maximum atomic E-state index is 12.5. The lowest BCUT2D eigenvalue weighted by atomic mass is 9.78. The SMILES string of the molecule is COc1ncccc1NC(=O)NCC1(c2ccc3c(c2)OCCO3)CCCC1. The summed E-state index contributed by atoms with van der Waals surface area (Å²) >= 11 is 0. The summed E-state index contributed by atoms with van der Waals surface area (Å²) < 4.78 is 16.6. The van der Waals surface area contributed by atoms with Gasteiger partial charge in [-0.2, -0.15) is 0 Å². The lowest BCUT2D eigenvalue weighted by Gasteiger charge is -2.31. The molecular weight excluding hydrogens is 358 g/mol. The van der Waals surface area contributed by atoms with Gasteiger partial charge >= 0.3 is 6.03 Å². The minimum Gasteiger partial charge on any atom is -0.486 e. The monoisotopic (exact) mass is 383 g/mol. The van der Waals surface area contributed by atoms with Crippen LogP contribution in [0.1, 0.15) is 31.2 Å². The molecule has 0 unspecified atom stereocenters. The van der Waals surface area contributed by atoms with Gasteiger partial charge < -0.3 is 24.8 Å². The standard InChI is InChI=1S/C21H25N3O4/c1-26-19-16(5-4-10-22-19)24-20(25)23-14-21(8-2-3-9-21)15-6-7-17-18(13-15)28-12-11-27-17/h4-7,10,13H,2-3,8-9,11-12,14H2,1H3,(H2,23,24,25). The average molecular weight is 383 g/mol. The molecule has 2 N–H and O–H groups in total. The minimum atomic E-state index is -0.268. The Hall–Kier alpha value is -2.96. The van der Waals surface area contributed by atoms with Crippen molar-refractivity contribution >= 4 is 11.7 Å². The van der Waals surface area contributed by atoms with Gasteiger partial charge in [0.1, 0.15) is 18.9 Å². The number of nitrogens with zero attached hydrogens (tertiary/aromatic N) is 1. The van der Waals surface area contributed by atoms with Gasteiger partial charge in [0.25, 0.3) is 0 Å². The van der Waals surface area contributed by atoms with Gasteiger partial charge in [-0.3, -0.25) is 0 Å². The highest BCUT2D eigenvalue weighted by molar-refractivity contribution is 5.90. The summed E-state index contributed by atoms with van der Waals surface area (Å²) in [5.41, 5.74) is 1.64. The molecule has 4 rings (SSSR count). The van der Waals surface area contributed by atoms with Crippen LogP contribution in [0.3, 0.4) is 0 Å². The van der Waals surface area contributed by atoms with Gasteiger partial charge in [-0.15, -0.1) is 0 Å². The molecular formula is C21H25N3O4. The molecule has 1 saturated carbocycles. The molecule has 2 aliphatic rings. The molecule has 2 heterocycles. The van der Waals surface area contributed by atoms with E-state index in [4.69, 9.17) is 14.2 Å². The maximum absolute atomic E-state index is 12.5. The van der Waals surface area contributed by atoms with Crippen molar-refractivity contribution in [1.82, 2.24) is 10.3 Å². The van der Waals surface area contributed by atoms with Crippen LogP contribution in [0.4, 0.5) is 10.5 Å². The first kappa shape index (κ1) is 18.4. The van der Waals surface area contributed by atoms with Crippen LogP contribution in [-0.4, -0.2) is 37.9 Å². The number of hydrogen-bond donors (Lipinski definition) is 2. The van der Waals surface area contributed by atoms with E-state index in [1.165, 1.54) is 12.7 Å². The second-order valence-electron chi connectivity index (χ2n) is 7.21. The molecule has 1 aromatic carbocycles. The highest BCUT2D eigenvalue weighted by atomic mass is 16.6. The number of methoxy groups -OCH3 is 1. The number of benzene rings is 1. The smallest absolute Gasteiger partial charge is 0.319 e. The van der Waals surface area contributed by atoms with Gasteiger partial charge in [0.05, 0.1) is 7.11 Å². The average Bonchev–Trinajstić information content (AvgIpc) is 3.22. The van der Waals surface area contributed by atoms with E-state index in [2.05, 4.69) is 27.8 Å². The fourth-order valence-corrected chi connectivity index (χ4v) is 4.06. The van der Waals surface area contributed by atoms with Gasteiger partial charge in [-0.05, 0) is 42.7 Å². The van der Waals surface area contributed by atoms with Crippen molar-refractivity contribution in [3.8, 4) is 17.4 Å². The molecule has 0 spiro atoms. The molecule has 1 aliphatic carbocycles. The molecule has 7 heteroatoms. The van der Waals surface area contributed by atoms with Crippen molar-refractivity contribution in [2.75, 3.05) is 32.2 Å². The Kier molecular flexibility index (Phi) is 5.23. The fourth-order valence-electron chi connectivity index (χ4n) is 4.06. The van der Waals surface area contributed by atoms with E-state index in [-0.39, 0.29) is 11.4 Å². The summed E-state index contributed by atoms with van der Waals surface area (Å²) in [5, 5.41) is 5.86. The Labute approximate surface area is 164 Å². The van der Waals surface area contributed by atoms with Gasteiger partial charge in [-0.1, -0.05) is 18.9 Å². The number of nitrogens with one attached hydrogen (secondary N) is 2. The summed E-state index contributed by atoms with van der Waals surface area (Å²) in [7, 11) is 1.53. The third kappa shape index (κ3) is 3.69. The van der Waals surface area contributed by atoms with Crippen molar-refractivity contribution in [3.63, 3.8) is 0 Å². The van der Waals surface area contributed by atoms with Crippen LogP contribution in [0.15, 0.2) is 36.5 Å². The van der Waals surface area contributed by atoms with Crippen molar-refractivity contribution < 1.29 is 19.0 Å². The van der Waals surface area contributed by atoms with Crippen molar-refractivity contribution in [2.24, 2.45) is 0 Å². The lowest BCUT2D eigenvalue weighted by Crippen LogP contribution is -2.41. The van der Waals surface area contributed by atoms with Crippen LogP contribution >= 0.6 is 0 Å². The third-order valence-corrected chi connectivity index (χ3v) is 5.52. The second-order valence-corrected chi connectivity index (χ2v) is 7.21. The molecule has 7 nitrogen and oxygen atoms in total. The molecule has 2 aromatic rings. The first-order valence-electron chi connectivity index (χ1n) is 9.64. The number of aromatic nitrogens is 1. The first-order chi connectivity index (χ1) is 13.7. The summed E-state index contributed by atoms with van der Waals surface area (Å²) in [6.45, 7) is 1.70.